The van der Waals surface area contributed by atoms with E-state index in [1.54, 1.807) is 0 Å². The SMILES string of the molecule is Cc1nc(NCCCN2CCOCC2)c2oc3ccccc3c2n1.[Cl-]. The van der Waals surface area contributed by atoms with Crippen molar-refractivity contribution < 1.29 is 21.6 Å². The fourth-order valence-corrected chi connectivity index (χ4v) is 3.16. The summed E-state index contributed by atoms with van der Waals surface area (Å²) in [4.78, 5) is 11.5. The van der Waals surface area contributed by atoms with Crippen molar-refractivity contribution in [2.24, 2.45) is 0 Å². The first kappa shape index (κ1) is 17.9. The second kappa shape index (κ2) is 7.99. The lowest BCUT2D eigenvalue weighted by Crippen LogP contribution is -3.00. The molecular formula is C18H22ClN4O2-. The molecule has 7 heteroatoms. The van der Waals surface area contributed by atoms with E-state index in [-0.39, 0.29) is 12.4 Å². The maximum Gasteiger partial charge on any atom is 0.196 e. The summed E-state index contributed by atoms with van der Waals surface area (Å²) in [5.74, 6) is 1.54. The number of benzene rings is 1. The first-order valence-electron chi connectivity index (χ1n) is 8.51. The summed E-state index contributed by atoms with van der Waals surface area (Å²) in [5.41, 5.74) is 2.48. The Hall–Kier alpha value is -1.89. The number of para-hydroxylation sites is 1. The molecule has 134 valence electrons. The molecule has 0 amide bonds. The molecule has 1 aromatic carbocycles. The molecule has 0 unspecified atom stereocenters. The average Bonchev–Trinajstić information content (AvgIpc) is 2.98. The van der Waals surface area contributed by atoms with Gasteiger partial charge in [-0.15, -0.1) is 0 Å². The van der Waals surface area contributed by atoms with E-state index in [4.69, 9.17) is 9.15 Å². The largest absolute Gasteiger partial charge is 1.00 e. The van der Waals surface area contributed by atoms with Crippen molar-refractivity contribution in [3.8, 4) is 0 Å². The van der Waals surface area contributed by atoms with Crippen LogP contribution in [0.3, 0.4) is 0 Å². The standard InChI is InChI=1S/C18H22N4O2.ClH/c1-13-20-16-14-5-2-3-6-15(14)24-17(16)18(21-13)19-7-4-8-22-9-11-23-12-10-22;/h2-3,5-6H,4,7-12H2,1H3,(H,19,20,21);1H/p-1. The third-order valence-electron chi connectivity index (χ3n) is 4.38. The Morgan fingerprint density at radius 3 is 2.80 bits per heavy atom. The van der Waals surface area contributed by atoms with Crippen LogP contribution in [0, 0.1) is 6.92 Å². The number of morpholine rings is 1. The normalized spacial score (nSPS) is 15.4. The van der Waals surface area contributed by atoms with Crippen molar-refractivity contribution in [2.75, 3.05) is 44.7 Å². The lowest BCUT2D eigenvalue weighted by atomic mass is 10.2. The van der Waals surface area contributed by atoms with Gasteiger partial charge in [0.15, 0.2) is 11.4 Å². The predicted octanol–water partition coefficient (Wildman–Crippen LogP) is -0.177. The Labute approximate surface area is 153 Å². The minimum Gasteiger partial charge on any atom is -1.00 e. The van der Waals surface area contributed by atoms with E-state index in [1.807, 2.05) is 31.2 Å². The molecule has 3 aromatic rings. The fourth-order valence-electron chi connectivity index (χ4n) is 3.16. The number of aromatic nitrogens is 2. The van der Waals surface area contributed by atoms with Crippen LogP contribution in [0.25, 0.3) is 22.1 Å². The highest BCUT2D eigenvalue weighted by molar-refractivity contribution is 6.05. The predicted molar refractivity (Wildman–Crippen MR) is 94.4 cm³/mol. The van der Waals surface area contributed by atoms with Gasteiger partial charge in [0.2, 0.25) is 0 Å². The van der Waals surface area contributed by atoms with Gasteiger partial charge < -0.3 is 26.9 Å². The van der Waals surface area contributed by atoms with Gasteiger partial charge in [-0.05, 0) is 32.0 Å². The lowest BCUT2D eigenvalue weighted by molar-refractivity contribution is -0.00000703. The van der Waals surface area contributed by atoms with Crippen LogP contribution in [0.15, 0.2) is 28.7 Å². The summed E-state index contributed by atoms with van der Waals surface area (Å²) >= 11 is 0. The smallest absolute Gasteiger partial charge is 0.196 e. The molecule has 25 heavy (non-hydrogen) atoms. The number of nitrogens with one attached hydrogen (secondary N) is 1. The zero-order valence-corrected chi connectivity index (χ0v) is 15.1. The molecule has 2 aromatic heterocycles. The monoisotopic (exact) mass is 361 g/mol. The third kappa shape index (κ3) is 3.86. The highest BCUT2D eigenvalue weighted by Gasteiger charge is 2.14. The summed E-state index contributed by atoms with van der Waals surface area (Å²) in [7, 11) is 0. The van der Waals surface area contributed by atoms with Crippen molar-refractivity contribution in [3.05, 3.63) is 30.1 Å². The number of hydrogen-bond acceptors (Lipinski definition) is 6. The molecule has 0 spiro atoms. The minimum absolute atomic E-state index is 0. The van der Waals surface area contributed by atoms with Crippen LogP contribution in [0.4, 0.5) is 5.82 Å². The van der Waals surface area contributed by atoms with Gasteiger partial charge in [-0.2, -0.15) is 0 Å². The van der Waals surface area contributed by atoms with Gasteiger partial charge in [0.1, 0.15) is 16.9 Å². The van der Waals surface area contributed by atoms with Gasteiger partial charge in [0, 0.05) is 25.0 Å². The molecule has 0 aliphatic carbocycles. The van der Waals surface area contributed by atoms with E-state index in [0.29, 0.717) is 0 Å². The van der Waals surface area contributed by atoms with E-state index < -0.39 is 0 Å². The van der Waals surface area contributed by atoms with E-state index in [2.05, 4.69) is 20.2 Å². The highest BCUT2D eigenvalue weighted by Crippen LogP contribution is 2.30. The molecule has 1 saturated heterocycles. The topological polar surface area (TPSA) is 63.4 Å². The van der Waals surface area contributed by atoms with Crippen molar-refractivity contribution in [1.29, 1.82) is 0 Å². The summed E-state index contributed by atoms with van der Waals surface area (Å²) in [5, 5.41) is 4.46. The Morgan fingerprint density at radius 1 is 1.16 bits per heavy atom. The number of nitrogens with zero attached hydrogens (tertiary/aromatic N) is 3. The fraction of sp³-hybridized carbons (Fsp3) is 0.444. The van der Waals surface area contributed by atoms with Gasteiger partial charge in [-0.1, -0.05) is 12.1 Å². The minimum atomic E-state index is 0. The van der Waals surface area contributed by atoms with Crippen molar-refractivity contribution in [1.82, 2.24) is 14.9 Å². The molecule has 0 atom stereocenters. The molecule has 0 radical (unpaired) electrons. The zero-order valence-electron chi connectivity index (χ0n) is 14.3. The van der Waals surface area contributed by atoms with Gasteiger partial charge >= 0.3 is 0 Å². The molecule has 0 bridgehead atoms. The quantitative estimate of drug-likeness (QED) is 0.636. The number of hydrogen-bond donors (Lipinski definition) is 1. The number of aryl methyl sites for hydroxylation is 1. The first-order valence-corrected chi connectivity index (χ1v) is 8.51. The highest BCUT2D eigenvalue weighted by atomic mass is 35.5. The second-order valence-corrected chi connectivity index (χ2v) is 6.13. The number of rotatable bonds is 5. The first-order chi connectivity index (χ1) is 11.8. The van der Waals surface area contributed by atoms with Crippen LogP contribution < -0.4 is 17.7 Å². The second-order valence-electron chi connectivity index (χ2n) is 6.13. The molecule has 6 nitrogen and oxygen atoms in total. The van der Waals surface area contributed by atoms with Crippen LogP contribution in [0.1, 0.15) is 12.2 Å². The summed E-state index contributed by atoms with van der Waals surface area (Å²) in [6, 6.07) is 7.98. The van der Waals surface area contributed by atoms with Crippen LogP contribution >= 0.6 is 0 Å². The summed E-state index contributed by atoms with van der Waals surface area (Å²) < 4.78 is 11.4. The van der Waals surface area contributed by atoms with Crippen LogP contribution in [0.5, 0.6) is 0 Å². The van der Waals surface area contributed by atoms with E-state index in [9.17, 15) is 0 Å². The van der Waals surface area contributed by atoms with Crippen molar-refractivity contribution >= 4 is 27.9 Å². The molecule has 0 saturated carbocycles. The maximum absolute atomic E-state index is 5.97. The number of furan rings is 1. The Balaban J connectivity index is 0.00000182. The Kier molecular flexibility index (Phi) is 5.73. The summed E-state index contributed by atoms with van der Waals surface area (Å²) in [6.07, 6.45) is 1.06. The van der Waals surface area contributed by atoms with Crippen LogP contribution in [-0.4, -0.2) is 54.3 Å². The van der Waals surface area contributed by atoms with Gasteiger partial charge in [0.25, 0.3) is 0 Å². The molecule has 4 rings (SSSR count). The average molecular weight is 362 g/mol. The molecular weight excluding hydrogens is 340 g/mol. The Morgan fingerprint density at radius 2 is 1.96 bits per heavy atom. The zero-order chi connectivity index (χ0) is 16.4. The molecule has 1 aliphatic rings. The summed E-state index contributed by atoms with van der Waals surface area (Å²) in [6.45, 7) is 7.60. The lowest BCUT2D eigenvalue weighted by Gasteiger charge is -2.26. The van der Waals surface area contributed by atoms with Gasteiger partial charge in [0.05, 0.1) is 13.2 Å². The van der Waals surface area contributed by atoms with E-state index in [0.717, 1.165) is 79.5 Å². The van der Waals surface area contributed by atoms with Gasteiger partial charge in [-0.25, -0.2) is 9.97 Å². The van der Waals surface area contributed by atoms with Crippen LogP contribution in [-0.2, 0) is 4.74 Å². The van der Waals surface area contributed by atoms with E-state index in [1.165, 1.54) is 0 Å². The number of halogens is 1. The number of fused-ring (bicyclic) bond motifs is 3. The van der Waals surface area contributed by atoms with Crippen molar-refractivity contribution in [2.45, 2.75) is 13.3 Å². The number of ether oxygens (including phenoxy) is 1. The Bertz CT molecular complexity index is 846. The van der Waals surface area contributed by atoms with Crippen molar-refractivity contribution in [3.63, 3.8) is 0 Å². The molecule has 1 aliphatic heterocycles. The van der Waals surface area contributed by atoms with E-state index >= 15 is 0 Å². The molecule has 1 fully saturated rings. The van der Waals surface area contributed by atoms with Gasteiger partial charge in [-0.3, -0.25) is 4.90 Å². The third-order valence-corrected chi connectivity index (χ3v) is 4.38. The number of anilines is 1. The molecule has 3 heterocycles. The molecule has 1 N–H and O–H groups in total. The maximum atomic E-state index is 5.97. The van der Waals surface area contributed by atoms with Crippen LogP contribution in [0.2, 0.25) is 0 Å².